The molecule has 13 heteroatoms. The first-order valence-corrected chi connectivity index (χ1v) is 11.6. The van der Waals surface area contributed by atoms with Crippen LogP contribution in [-0.2, 0) is 28.7 Å². The summed E-state index contributed by atoms with van der Waals surface area (Å²) in [5, 5.41) is 13.3. The summed E-state index contributed by atoms with van der Waals surface area (Å²) in [5.74, 6) is -0.941. The van der Waals surface area contributed by atoms with Crippen molar-refractivity contribution in [1.29, 1.82) is 0 Å². The average molecular weight is 502 g/mol. The molecule has 2 aromatic heterocycles. The van der Waals surface area contributed by atoms with E-state index >= 15 is 0 Å². The van der Waals surface area contributed by atoms with Crippen LogP contribution in [0.5, 0.6) is 0 Å². The third-order valence-electron chi connectivity index (χ3n) is 5.93. The SMILES string of the molecule is N[C@H](CC(=O)N1CCc2c(nc(-c3ccsc3)nc2C(F)(F)F)C1)CN1C(=O)CCC(F)C1O. The molecule has 1 fully saturated rings. The van der Waals surface area contributed by atoms with Gasteiger partial charge in [-0.05, 0) is 24.3 Å². The molecular weight excluding hydrogens is 478 g/mol. The zero-order chi connectivity index (χ0) is 24.6. The summed E-state index contributed by atoms with van der Waals surface area (Å²) < 4.78 is 54.8. The molecule has 0 radical (unpaired) electrons. The molecule has 2 amide bonds. The summed E-state index contributed by atoms with van der Waals surface area (Å²) in [4.78, 5) is 35.2. The Bertz CT molecular complexity index is 1070. The van der Waals surface area contributed by atoms with Gasteiger partial charge in [-0.2, -0.15) is 24.5 Å². The number of halogens is 4. The number of aliphatic hydroxyl groups excluding tert-OH is 1. The van der Waals surface area contributed by atoms with Crippen LogP contribution in [0.1, 0.15) is 36.2 Å². The number of amides is 2. The van der Waals surface area contributed by atoms with Crippen molar-refractivity contribution in [1.82, 2.24) is 19.8 Å². The number of alkyl halides is 4. The summed E-state index contributed by atoms with van der Waals surface area (Å²) in [6.45, 7) is -0.318. The molecule has 0 aromatic carbocycles. The van der Waals surface area contributed by atoms with Gasteiger partial charge >= 0.3 is 6.18 Å². The lowest BCUT2D eigenvalue weighted by Gasteiger charge is -2.36. The standard InChI is InChI=1S/C21H23F4N5O3S/c22-14-1-2-16(31)30(20(14)33)8-12(26)7-17(32)29-5-3-13-15(9-29)27-19(11-4-6-34-10-11)28-18(13)21(23,24)25/h4,6,10,12,14,20,33H,1-3,5,7-9,26H2/t12-,14?,20?/m1/s1. The first kappa shape index (κ1) is 24.5. The largest absolute Gasteiger partial charge is 0.433 e. The van der Waals surface area contributed by atoms with Crippen molar-refractivity contribution in [3.8, 4) is 11.4 Å². The van der Waals surface area contributed by atoms with Crippen LogP contribution in [0.4, 0.5) is 17.6 Å². The van der Waals surface area contributed by atoms with Crippen molar-refractivity contribution in [3.63, 3.8) is 0 Å². The van der Waals surface area contributed by atoms with E-state index in [-0.39, 0.29) is 62.4 Å². The van der Waals surface area contributed by atoms with Gasteiger partial charge in [0.05, 0.1) is 12.2 Å². The molecule has 1 saturated heterocycles. The van der Waals surface area contributed by atoms with Crippen LogP contribution in [-0.4, -0.2) is 68.2 Å². The second-order valence-corrected chi connectivity index (χ2v) is 9.15. The number of aliphatic hydroxyl groups is 1. The molecule has 2 aliphatic heterocycles. The molecule has 0 saturated carbocycles. The predicted molar refractivity (Wildman–Crippen MR) is 114 cm³/mol. The van der Waals surface area contributed by atoms with E-state index in [9.17, 15) is 32.3 Å². The number of fused-ring (bicyclic) bond motifs is 1. The molecule has 8 nitrogen and oxygen atoms in total. The van der Waals surface area contributed by atoms with Crippen molar-refractivity contribution in [2.45, 2.75) is 56.8 Å². The number of nitrogens with two attached hydrogens (primary N) is 1. The van der Waals surface area contributed by atoms with Crippen molar-refractivity contribution < 1.29 is 32.3 Å². The molecule has 2 aromatic rings. The molecule has 4 rings (SSSR count). The first-order chi connectivity index (χ1) is 16.0. The van der Waals surface area contributed by atoms with Gasteiger partial charge in [0.1, 0.15) is 6.17 Å². The maximum absolute atomic E-state index is 13.7. The second kappa shape index (κ2) is 9.55. The Kier molecular flexibility index (Phi) is 6.87. The fourth-order valence-electron chi connectivity index (χ4n) is 4.18. The van der Waals surface area contributed by atoms with Gasteiger partial charge in [0.25, 0.3) is 0 Å². The highest BCUT2D eigenvalue weighted by Gasteiger charge is 2.40. The molecule has 3 atom stereocenters. The van der Waals surface area contributed by atoms with E-state index in [2.05, 4.69) is 9.97 Å². The van der Waals surface area contributed by atoms with Crippen LogP contribution < -0.4 is 5.73 Å². The van der Waals surface area contributed by atoms with Gasteiger partial charge in [0.15, 0.2) is 17.7 Å². The average Bonchev–Trinajstić information content (AvgIpc) is 3.32. The zero-order valence-electron chi connectivity index (χ0n) is 18.0. The Hall–Kier alpha value is -2.64. The smallest absolute Gasteiger partial charge is 0.370 e. The molecule has 0 spiro atoms. The Morgan fingerprint density at radius 3 is 2.76 bits per heavy atom. The van der Waals surface area contributed by atoms with Crippen molar-refractivity contribution in [3.05, 3.63) is 33.8 Å². The molecule has 34 heavy (non-hydrogen) atoms. The van der Waals surface area contributed by atoms with Gasteiger partial charge in [-0.3, -0.25) is 9.59 Å². The fourth-order valence-corrected chi connectivity index (χ4v) is 4.81. The van der Waals surface area contributed by atoms with E-state index < -0.39 is 42.1 Å². The van der Waals surface area contributed by atoms with Crippen LogP contribution in [0, 0.1) is 0 Å². The highest BCUT2D eigenvalue weighted by atomic mass is 32.1. The number of hydrogen-bond donors (Lipinski definition) is 2. The monoisotopic (exact) mass is 501 g/mol. The van der Waals surface area contributed by atoms with E-state index in [0.29, 0.717) is 5.56 Å². The molecule has 2 aliphatic rings. The third-order valence-corrected chi connectivity index (χ3v) is 6.61. The van der Waals surface area contributed by atoms with Gasteiger partial charge in [-0.15, -0.1) is 0 Å². The summed E-state index contributed by atoms with van der Waals surface area (Å²) >= 11 is 1.30. The number of aromatic nitrogens is 2. The van der Waals surface area contributed by atoms with Crippen molar-refractivity contribution in [2.24, 2.45) is 5.73 Å². The minimum absolute atomic E-state index is 0.0284. The van der Waals surface area contributed by atoms with Gasteiger partial charge in [0.2, 0.25) is 11.8 Å². The normalized spacial score (nSPS) is 22.0. The number of piperidine rings is 1. The lowest BCUT2D eigenvalue weighted by Crippen LogP contribution is -2.54. The van der Waals surface area contributed by atoms with Gasteiger partial charge in [-0.25, -0.2) is 14.4 Å². The Balaban J connectivity index is 1.48. The Morgan fingerprint density at radius 2 is 2.09 bits per heavy atom. The van der Waals surface area contributed by atoms with E-state index in [4.69, 9.17) is 5.73 Å². The van der Waals surface area contributed by atoms with E-state index in [0.717, 1.165) is 4.90 Å². The number of likely N-dealkylation sites (tertiary alicyclic amines) is 1. The van der Waals surface area contributed by atoms with Crippen LogP contribution >= 0.6 is 11.3 Å². The van der Waals surface area contributed by atoms with Crippen molar-refractivity contribution >= 4 is 23.2 Å². The van der Waals surface area contributed by atoms with Crippen LogP contribution in [0.3, 0.4) is 0 Å². The predicted octanol–water partition coefficient (Wildman–Crippen LogP) is 2.10. The number of thiophene rings is 1. The Morgan fingerprint density at radius 1 is 1.32 bits per heavy atom. The number of hydrogen-bond acceptors (Lipinski definition) is 7. The van der Waals surface area contributed by atoms with Gasteiger partial charge < -0.3 is 20.6 Å². The number of carbonyl (C=O) groups is 2. The number of rotatable bonds is 5. The van der Waals surface area contributed by atoms with Crippen LogP contribution in [0.25, 0.3) is 11.4 Å². The second-order valence-electron chi connectivity index (χ2n) is 8.37. The first-order valence-electron chi connectivity index (χ1n) is 10.7. The molecular formula is C21H23F4N5O3S. The molecule has 184 valence electrons. The van der Waals surface area contributed by atoms with Crippen LogP contribution in [0.15, 0.2) is 16.8 Å². The Labute approximate surface area is 196 Å². The molecule has 0 bridgehead atoms. The highest BCUT2D eigenvalue weighted by Crippen LogP contribution is 2.35. The van der Waals surface area contributed by atoms with Gasteiger partial charge in [-0.1, -0.05) is 0 Å². The number of carbonyl (C=O) groups excluding carboxylic acids is 2. The lowest BCUT2D eigenvalue weighted by molar-refractivity contribution is -0.155. The van der Waals surface area contributed by atoms with Crippen LogP contribution in [0.2, 0.25) is 0 Å². The summed E-state index contributed by atoms with van der Waals surface area (Å²) in [6.07, 6.45) is -8.29. The maximum atomic E-state index is 13.7. The maximum Gasteiger partial charge on any atom is 0.433 e. The van der Waals surface area contributed by atoms with Crippen molar-refractivity contribution in [2.75, 3.05) is 13.1 Å². The minimum Gasteiger partial charge on any atom is -0.370 e. The minimum atomic E-state index is -4.66. The van der Waals surface area contributed by atoms with E-state index in [1.165, 1.54) is 16.2 Å². The highest BCUT2D eigenvalue weighted by molar-refractivity contribution is 7.08. The van der Waals surface area contributed by atoms with E-state index in [1.807, 2.05) is 0 Å². The molecule has 3 N–H and O–H groups in total. The number of nitrogens with zero attached hydrogens (tertiary/aromatic N) is 4. The van der Waals surface area contributed by atoms with Gasteiger partial charge in [0, 0.05) is 48.5 Å². The third kappa shape index (κ3) is 5.05. The quantitative estimate of drug-likeness (QED) is 0.607. The molecule has 0 aliphatic carbocycles. The lowest BCUT2D eigenvalue weighted by atomic mass is 10.0. The molecule has 2 unspecified atom stereocenters. The summed E-state index contributed by atoms with van der Waals surface area (Å²) in [6, 6.07) is 0.741. The zero-order valence-corrected chi connectivity index (χ0v) is 18.8. The summed E-state index contributed by atoms with van der Waals surface area (Å²) in [5.41, 5.74) is 5.55. The topological polar surface area (TPSA) is 113 Å². The fraction of sp³-hybridized carbons (Fsp3) is 0.524. The summed E-state index contributed by atoms with van der Waals surface area (Å²) in [7, 11) is 0. The van der Waals surface area contributed by atoms with E-state index in [1.54, 1.807) is 16.8 Å². The molecule has 4 heterocycles.